The van der Waals surface area contributed by atoms with E-state index in [0.29, 0.717) is 17.7 Å². The Labute approximate surface area is 188 Å². The van der Waals surface area contributed by atoms with Gasteiger partial charge in [-0.15, -0.1) is 0 Å². The van der Waals surface area contributed by atoms with Crippen LogP contribution in [0.25, 0.3) is 11.3 Å². The third kappa shape index (κ3) is 5.07. The van der Waals surface area contributed by atoms with Crippen LogP contribution >= 0.6 is 0 Å². The minimum Gasteiger partial charge on any atom is -0.353 e. The predicted octanol–water partition coefficient (Wildman–Crippen LogP) is 3.46. The van der Waals surface area contributed by atoms with Gasteiger partial charge in [0, 0.05) is 63.1 Å². The molecule has 1 aliphatic rings. The molecule has 2 aromatic heterocycles. The van der Waals surface area contributed by atoms with Crippen LogP contribution in [0.5, 0.6) is 0 Å². The smallest absolute Gasteiger partial charge is 0.222 e. The van der Waals surface area contributed by atoms with Gasteiger partial charge in [0.1, 0.15) is 11.6 Å². The molecule has 1 atom stereocenters. The van der Waals surface area contributed by atoms with Crippen molar-refractivity contribution in [2.75, 3.05) is 13.1 Å². The fourth-order valence-corrected chi connectivity index (χ4v) is 4.43. The molecule has 1 aliphatic heterocycles. The molecule has 4 rings (SSSR count). The zero-order valence-electron chi connectivity index (χ0n) is 19.0. The van der Waals surface area contributed by atoms with Crippen LogP contribution < -0.4 is 5.32 Å². The van der Waals surface area contributed by atoms with Gasteiger partial charge in [0.05, 0.1) is 11.4 Å². The van der Waals surface area contributed by atoms with Crippen LogP contribution in [0.1, 0.15) is 43.7 Å². The molecule has 32 heavy (non-hydrogen) atoms. The maximum atomic E-state index is 14.1. The third-order valence-corrected chi connectivity index (χ3v) is 6.28. The van der Waals surface area contributed by atoms with E-state index in [2.05, 4.69) is 20.3 Å². The maximum absolute atomic E-state index is 14.1. The summed E-state index contributed by atoms with van der Waals surface area (Å²) >= 11 is 0. The highest BCUT2D eigenvalue weighted by Crippen LogP contribution is 2.23. The summed E-state index contributed by atoms with van der Waals surface area (Å²) in [4.78, 5) is 19.1. The number of halogens is 1. The molecule has 1 amide bonds. The molecule has 0 saturated carbocycles. The summed E-state index contributed by atoms with van der Waals surface area (Å²) in [6.45, 7) is 6.56. The molecule has 0 spiro atoms. The lowest BCUT2D eigenvalue weighted by molar-refractivity contribution is -0.122. The molecule has 0 radical (unpaired) electrons. The van der Waals surface area contributed by atoms with Gasteiger partial charge in [-0.1, -0.05) is 12.1 Å². The SMILES string of the molecule is Cc1nccn1[C@H](C)CC(=O)NC1CCN(Cc2cc(-c3ccccc3F)nn2C)CC1. The van der Waals surface area contributed by atoms with E-state index in [-0.39, 0.29) is 23.8 Å². The summed E-state index contributed by atoms with van der Waals surface area (Å²) < 4.78 is 18.0. The molecule has 3 heterocycles. The largest absolute Gasteiger partial charge is 0.353 e. The van der Waals surface area contributed by atoms with Crippen LogP contribution in [-0.2, 0) is 18.4 Å². The van der Waals surface area contributed by atoms with Gasteiger partial charge < -0.3 is 9.88 Å². The van der Waals surface area contributed by atoms with E-state index in [1.165, 1.54) is 6.07 Å². The number of aryl methyl sites for hydroxylation is 2. The number of amides is 1. The van der Waals surface area contributed by atoms with Crippen LogP contribution in [-0.4, -0.2) is 49.3 Å². The molecule has 1 saturated heterocycles. The van der Waals surface area contributed by atoms with Gasteiger partial charge in [-0.3, -0.25) is 14.4 Å². The van der Waals surface area contributed by atoms with Crippen LogP contribution in [0.3, 0.4) is 0 Å². The van der Waals surface area contributed by atoms with E-state index in [1.807, 2.05) is 48.5 Å². The number of piperidine rings is 1. The Morgan fingerprint density at radius 2 is 2.03 bits per heavy atom. The fourth-order valence-electron chi connectivity index (χ4n) is 4.43. The van der Waals surface area contributed by atoms with Gasteiger partial charge in [0.2, 0.25) is 5.91 Å². The first-order valence-corrected chi connectivity index (χ1v) is 11.2. The zero-order chi connectivity index (χ0) is 22.7. The van der Waals surface area contributed by atoms with Crippen molar-refractivity contribution in [2.24, 2.45) is 7.05 Å². The van der Waals surface area contributed by atoms with Gasteiger partial charge >= 0.3 is 0 Å². The molecule has 0 bridgehead atoms. The van der Waals surface area contributed by atoms with Crippen molar-refractivity contribution in [3.63, 3.8) is 0 Å². The number of nitrogens with one attached hydrogen (secondary N) is 1. The number of likely N-dealkylation sites (tertiary alicyclic amines) is 1. The van der Waals surface area contributed by atoms with Crippen molar-refractivity contribution in [3.05, 3.63) is 60.1 Å². The van der Waals surface area contributed by atoms with Crippen molar-refractivity contribution in [1.29, 1.82) is 0 Å². The zero-order valence-corrected chi connectivity index (χ0v) is 19.0. The van der Waals surface area contributed by atoms with Crippen molar-refractivity contribution >= 4 is 5.91 Å². The third-order valence-electron chi connectivity index (χ3n) is 6.28. The number of carbonyl (C=O) groups excluding carboxylic acids is 1. The molecule has 3 aromatic rings. The first-order valence-electron chi connectivity index (χ1n) is 11.2. The van der Waals surface area contributed by atoms with Crippen molar-refractivity contribution < 1.29 is 9.18 Å². The van der Waals surface area contributed by atoms with Crippen molar-refractivity contribution in [3.8, 4) is 11.3 Å². The summed E-state index contributed by atoms with van der Waals surface area (Å²) in [6, 6.07) is 8.98. The second-order valence-corrected chi connectivity index (χ2v) is 8.68. The standard InChI is InChI=1S/C24H31FN6O/c1-17(31-13-10-26-18(31)2)14-24(32)27-19-8-11-30(12-9-19)16-20-15-23(28-29(20)3)21-6-4-5-7-22(21)25/h4-7,10,13,15,17,19H,8-9,11-12,14,16H2,1-3H3,(H,27,32)/t17-/m1/s1. The monoisotopic (exact) mass is 438 g/mol. The van der Waals surface area contributed by atoms with E-state index < -0.39 is 0 Å². The number of benzene rings is 1. The Kier molecular flexibility index (Phi) is 6.69. The highest BCUT2D eigenvalue weighted by Gasteiger charge is 2.23. The number of hydrogen-bond donors (Lipinski definition) is 1. The number of rotatable bonds is 7. The normalized spacial score (nSPS) is 16.2. The molecule has 7 nitrogen and oxygen atoms in total. The summed E-state index contributed by atoms with van der Waals surface area (Å²) in [5.74, 6) is 0.753. The van der Waals surface area contributed by atoms with E-state index in [4.69, 9.17) is 0 Å². The molecule has 1 aromatic carbocycles. The van der Waals surface area contributed by atoms with Crippen molar-refractivity contribution in [2.45, 2.75) is 51.7 Å². The van der Waals surface area contributed by atoms with Gasteiger partial charge in [-0.05, 0) is 44.9 Å². The molecule has 1 fully saturated rings. The Morgan fingerprint density at radius 1 is 1.28 bits per heavy atom. The van der Waals surface area contributed by atoms with Gasteiger partial charge in [0.15, 0.2) is 0 Å². The maximum Gasteiger partial charge on any atom is 0.222 e. The lowest BCUT2D eigenvalue weighted by Crippen LogP contribution is -2.44. The average molecular weight is 439 g/mol. The van der Waals surface area contributed by atoms with E-state index in [0.717, 1.165) is 44.0 Å². The second-order valence-electron chi connectivity index (χ2n) is 8.68. The first kappa shape index (κ1) is 22.2. The second kappa shape index (κ2) is 9.65. The summed E-state index contributed by atoms with van der Waals surface area (Å²) in [6.07, 6.45) is 5.97. The van der Waals surface area contributed by atoms with E-state index in [9.17, 15) is 9.18 Å². The van der Waals surface area contributed by atoms with Gasteiger partial charge in [0.25, 0.3) is 0 Å². The molecule has 170 valence electrons. The Balaban J connectivity index is 1.27. The number of hydrogen-bond acceptors (Lipinski definition) is 4. The fraction of sp³-hybridized carbons (Fsp3) is 0.458. The molecule has 1 N–H and O–H groups in total. The average Bonchev–Trinajstić information content (AvgIpc) is 3.35. The van der Waals surface area contributed by atoms with Gasteiger partial charge in [-0.2, -0.15) is 5.10 Å². The Bertz CT molecular complexity index is 1070. The topological polar surface area (TPSA) is 68.0 Å². The van der Waals surface area contributed by atoms with Crippen LogP contribution in [0.4, 0.5) is 4.39 Å². The van der Waals surface area contributed by atoms with E-state index >= 15 is 0 Å². The lowest BCUT2D eigenvalue weighted by Gasteiger charge is -2.32. The van der Waals surface area contributed by atoms with Crippen LogP contribution in [0.15, 0.2) is 42.7 Å². The van der Waals surface area contributed by atoms with Crippen LogP contribution in [0, 0.1) is 12.7 Å². The molecular weight excluding hydrogens is 407 g/mol. The summed E-state index contributed by atoms with van der Waals surface area (Å²) in [5.41, 5.74) is 2.23. The van der Waals surface area contributed by atoms with Gasteiger partial charge in [-0.25, -0.2) is 9.37 Å². The minimum absolute atomic E-state index is 0.0882. The summed E-state index contributed by atoms with van der Waals surface area (Å²) in [7, 11) is 1.90. The minimum atomic E-state index is -0.258. The van der Waals surface area contributed by atoms with Crippen LogP contribution in [0.2, 0.25) is 0 Å². The van der Waals surface area contributed by atoms with Crippen molar-refractivity contribution in [1.82, 2.24) is 29.5 Å². The first-order chi connectivity index (χ1) is 15.4. The Hall–Kier alpha value is -3.00. The molecule has 8 heteroatoms. The Morgan fingerprint density at radius 3 is 2.72 bits per heavy atom. The van der Waals surface area contributed by atoms with E-state index in [1.54, 1.807) is 18.3 Å². The predicted molar refractivity (Wildman–Crippen MR) is 121 cm³/mol. The molecular formula is C24H31FN6O. The molecule has 0 aliphatic carbocycles. The molecule has 0 unspecified atom stereocenters. The number of imidazole rings is 1. The highest BCUT2D eigenvalue weighted by molar-refractivity contribution is 5.76. The lowest BCUT2D eigenvalue weighted by atomic mass is 10.0. The highest BCUT2D eigenvalue weighted by atomic mass is 19.1. The summed E-state index contributed by atoms with van der Waals surface area (Å²) in [5, 5.41) is 7.70. The number of nitrogens with zero attached hydrogens (tertiary/aromatic N) is 5. The number of aromatic nitrogens is 4. The quantitative estimate of drug-likeness (QED) is 0.613. The number of carbonyl (C=O) groups is 1.